The van der Waals surface area contributed by atoms with E-state index in [1.165, 1.54) is 0 Å². The molecule has 4 atom stereocenters. The predicted molar refractivity (Wildman–Crippen MR) is 107 cm³/mol. The quantitative estimate of drug-likeness (QED) is 0.730. The van der Waals surface area contributed by atoms with Crippen molar-refractivity contribution in [1.29, 1.82) is 0 Å². The van der Waals surface area contributed by atoms with Crippen LogP contribution in [0.25, 0.3) is 0 Å². The van der Waals surface area contributed by atoms with E-state index in [0.29, 0.717) is 19.6 Å². The fourth-order valence-corrected chi connectivity index (χ4v) is 4.95. The second-order valence-electron chi connectivity index (χ2n) is 8.22. The lowest BCUT2D eigenvalue weighted by molar-refractivity contribution is -0.142. The first-order chi connectivity index (χ1) is 14.5. The summed E-state index contributed by atoms with van der Waals surface area (Å²) in [7, 11) is 3.37. The Morgan fingerprint density at radius 2 is 2.30 bits per heavy atom. The van der Waals surface area contributed by atoms with Crippen LogP contribution in [0.3, 0.4) is 0 Å². The standard InChI is InChI=1S/C22H24N4O4/c1-25(12-15-7-9-23-24-15)20(27)18-17-6-8-22(30-17)13-26(21(28)19(18)22)11-14-4-3-5-16(10-14)29-2/h3-10,17-19H,11-13H2,1-2H3,(H,23,24)/t17-,18?,19?,22-/m0/s1. The van der Waals surface area contributed by atoms with E-state index in [2.05, 4.69) is 10.2 Å². The number of hydrogen-bond donors (Lipinski definition) is 1. The van der Waals surface area contributed by atoms with E-state index in [1.54, 1.807) is 30.2 Å². The van der Waals surface area contributed by atoms with Crippen molar-refractivity contribution in [1.82, 2.24) is 20.0 Å². The Balaban J connectivity index is 1.36. The van der Waals surface area contributed by atoms with Crippen LogP contribution in [0.5, 0.6) is 5.75 Å². The molecule has 8 heteroatoms. The minimum Gasteiger partial charge on any atom is -0.497 e. The molecule has 156 valence electrons. The first-order valence-corrected chi connectivity index (χ1v) is 10.0. The number of ether oxygens (including phenoxy) is 2. The molecule has 1 aromatic carbocycles. The van der Waals surface area contributed by atoms with Crippen molar-refractivity contribution < 1.29 is 19.1 Å². The summed E-state index contributed by atoms with van der Waals surface area (Å²) < 4.78 is 11.5. The van der Waals surface area contributed by atoms with Crippen LogP contribution in [0.1, 0.15) is 11.3 Å². The van der Waals surface area contributed by atoms with Crippen molar-refractivity contribution in [3.63, 3.8) is 0 Å². The summed E-state index contributed by atoms with van der Waals surface area (Å²) in [6.45, 7) is 1.32. The molecular formula is C22H24N4O4. The number of nitrogens with one attached hydrogen (secondary N) is 1. The van der Waals surface area contributed by atoms with Crippen LogP contribution < -0.4 is 4.74 Å². The van der Waals surface area contributed by atoms with Gasteiger partial charge in [0.05, 0.1) is 43.8 Å². The molecule has 3 aliphatic heterocycles. The summed E-state index contributed by atoms with van der Waals surface area (Å²) in [4.78, 5) is 30.1. The molecule has 2 aromatic rings. The number of methoxy groups -OCH3 is 1. The van der Waals surface area contributed by atoms with Gasteiger partial charge >= 0.3 is 0 Å². The summed E-state index contributed by atoms with van der Waals surface area (Å²) in [6.07, 6.45) is 5.22. The highest BCUT2D eigenvalue weighted by Gasteiger charge is 2.67. The molecule has 2 amide bonds. The van der Waals surface area contributed by atoms with E-state index >= 15 is 0 Å². The van der Waals surface area contributed by atoms with Crippen LogP contribution in [-0.2, 0) is 27.4 Å². The van der Waals surface area contributed by atoms with Crippen molar-refractivity contribution in [2.24, 2.45) is 11.8 Å². The molecule has 1 N–H and O–H groups in total. The van der Waals surface area contributed by atoms with Crippen LogP contribution in [-0.4, -0.2) is 64.2 Å². The summed E-state index contributed by atoms with van der Waals surface area (Å²) in [5.74, 6) is -0.357. The lowest BCUT2D eigenvalue weighted by Crippen LogP contribution is -2.44. The Bertz CT molecular complexity index is 1000. The van der Waals surface area contributed by atoms with Gasteiger partial charge in [-0.1, -0.05) is 24.3 Å². The third kappa shape index (κ3) is 2.90. The average Bonchev–Trinajstić information content (AvgIpc) is 3.51. The third-order valence-electron chi connectivity index (χ3n) is 6.31. The first-order valence-electron chi connectivity index (χ1n) is 10.0. The lowest BCUT2D eigenvalue weighted by Gasteiger charge is -2.27. The van der Waals surface area contributed by atoms with Gasteiger partial charge in [0.2, 0.25) is 11.8 Å². The van der Waals surface area contributed by atoms with E-state index in [-0.39, 0.29) is 17.9 Å². The van der Waals surface area contributed by atoms with Gasteiger partial charge in [-0.05, 0) is 23.8 Å². The van der Waals surface area contributed by atoms with Gasteiger partial charge in [-0.2, -0.15) is 5.10 Å². The van der Waals surface area contributed by atoms with Crippen molar-refractivity contribution in [3.8, 4) is 5.75 Å². The van der Waals surface area contributed by atoms with Gasteiger partial charge in [-0.25, -0.2) is 0 Å². The summed E-state index contributed by atoms with van der Waals surface area (Å²) in [6, 6.07) is 9.51. The maximum Gasteiger partial charge on any atom is 0.230 e. The Morgan fingerprint density at radius 1 is 1.43 bits per heavy atom. The molecule has 8 nitrogen and oxygen atoms in total. The van der Waals surface area contributed by atoms with E-state index in [9.17, 15) is 9.59 Å². The fourth-order valence-electron chi connectivity index (χ4n) is 4.95. The topological polar surface area (TPSA) is 87.8 Å². The highest BCUT2D eigenvalue weighted by atomic mass is 16.5. The smallest absolute Gasteiger partial charge is 0.230 e. The third-order valence-corrected chi connectivity index (χ3v) is 6.31. The van der Waals surface area contributed by atoms with Crippen molar-refractivity contribution >= 4 is 11.8 Å². The molecule has 2 bridgehead atoms. The number of amides is 2. The first kappa shape index (κ1) is 18.9. The average molecular weight is 408 g/mol. The van der Waals surface area contributed by atoms with E-state index in [1.807, 2.05) is 42.5 Å². The molecule has 4 heterocycles. The molecule has 0 saturated carbocycles. The normalized spacial score (nSPS) is 28.8. The number of likely N-dealkylation sites (tertiary alicyclic amines) is 1. The van der Waals surface area contributed by atoms with Gasteiger partial charge < -0.3 is 19.3 Å². The zero-order valence-corrected chi connectivity index (χ0v) is 16.9. The van der Waals surface area contributed by atoms with Gasteiger partial charge in [-0.3, -0.25) is 14.7 Å². The van der Waals surface area contributed by atoms with Crippen molar-refractivity contribution in [2.75, 3.05) is 20.7 Å². The number of carbonyl (C=O) groups excluding carboxylic acids is 2. The largest absolute Gasteiger partial charge is 0.497 e. The zero-order chi connectivity index (χ0) is 20.9. The van der Waals surface area contributed by atoms with E-state index < -0.39 is 17.4 Å². The van der Waals surface area contributed by atoms with Crippen LogP contribution in [0.15, 0.2) is 48.7 Å². The number of nitrogens with zero attached hydrogens (tertiary/aromatic N) is 3. The molecule has 5 rings (SSSR count). The molecule has 3 aliphatic rings. The molecule has 30 heavy (non-hydrogen) atoms. The van der Waals surface area contributed by atoms with Gasteiger partial charge in [0.15, 0.2) is 0 Å². The summed E-state index contributed by atoms with van der Waals surface area (Å²) in [5, 5.41) is 6.80. The number of rotatable bonds is 6. The second-order valence-corrected chi connectivity index (χ2v) is 8.22. The molecule has 0 aliphatic carbocycles. The van der Waals surface area contributed by atoms with Crippen LogP contribution >= 0.6 is 0 Å². The maximum absolute atomic E-state index is 13.4. The fraction of sp³-hybridized carbons (Fsp3) is 0.409. The highest BCUT2D eigenvalue weighted by Crippen LogP contribution is 2.52. The number of aromatic amines is 1. The number of benzene rings is 1. The van der Waals surface area contributed by atoms with Gasteiger partial charge in [0.1, 0.15) is 11.4 Å². The summed E-state index contributed by atoms with van der Waals surface area (Å²) in [5.41, 5.74) is 1.12. The van der Waals surface area contributed by atoms with Gasteiger partial charge in [0.25, 0.3) is 0 Å². The van der Waals surface area contributed by atoms with Crippen molar-refractivity contribution in [3.05, 3.63) is 59.9 Å². The van der Waals surface area contributed by atoms with Crippen LogP contribution in [0, 0.1) is 11.8 Å². The minimum absolute atomic E-state index is 0.0297. The molecule has 0 radical (unpaired) electrons. The lowest BCUT2D eigenvalue weighted by atomic mass is 9.76. The number of hydrogen-bond acceptors (Lipinski definition) is 5. The molecule has 1 spiro atoms. The monoisotopic (exact) mass is 408 g/mol. The van der Waals surface area contributed by atoms with Crippen molar-refractivity contribution in [2.45, 2.75) is 24.8 Å². The Hall–Kier alpha value is -3.13. The number of aromatic nitrogens is 2. The Labute approximate surface area is 174 Å². The molecule has 1 aromatic heterocycles. The van der Waals surface area contributed by atoms with E-state index in [4.69, 9.17) is 9.47 Å². The molecular weight excluding hydrogens is 384 g/mol. The van der Waals surface area contributed by atoms with Gasteiger partial charge in [-0.15, -0.1) is 0 Å². The number of carbonyl (C=O) groups is 2. The molecule has 2 saturated heterocycles. The second kappa shape index (κ2) is 6.98. The van der Waals surface area contributed by atoms with E-state index in [0.717, 1.165) is 17.0 Å². The minimum atomic E-state index is -0.713. The van der Waals surface area contributed by atoms with Crippen LogP contribution in [0.4, 0.5) is 0 Å². The number of fused-ring (bicyclic) bond motifs is 1. The molecule has 2 unspecified atom stereocenters. The Kier molecular flexibility index (Phi) is 4.39. The van der Waals surface area contributed by atoms with Gasteiger partial charge in [0, 0.05) is 19.8 Å². The Morgan fingerprint density at radius 3 is 3.07 bits per heavy atom. The predicted octanol–water partition coefficient (Wildman–Crippen LogP) is 1.36. The highest BCUT2D eigenvalue weighted by molar-refractivity contribution is 5.93. The van der Waals surface area contributed by atoms with Crippen LogP contribution in [0.2, 0.25) is 0 Å². The number of H-pyrrole nitrogens is 1. The SMILES string of the molecule is COc1cccc(CN2C[C@]34C=C[C@H](O3)C(C(=O)N(C)Cc3ccn[nH]3)C4C2=O)c1. The maximum atomic E-state index is 13.4. The zero-order valence-electron chi connectivity index (χ0n) is 16.9. The molecule has 2 fully saturated rings. The summed E-state index contributed by atoms with van der Waals surface area (Å²) >= 11 is 0.